The standard InChI is InChI=1S/C16H9N3O7/c20-13(10-6-3-7-25-10)12-11-14(26-17-12)16(22)18(15(11)21)8-4-1-2-5-9(8)19(23)24/h1-7,11,14H. The van der Waals surface area contributed by atoms with Gasteiger partial charge in [0.2, 0.25) is 17.8 Å². The van der Waals surface area contributed by atoms with Crippen molar-refractivity contribution in [2.45, 2.75) is 6.10 Å². The van der Waals surface area contributed by atoms with Gasteiger partial charge in [0.15, 0.2) is 5.76 Å². The van der Waals surface area contributed by atoms with Crippen LogP contribution in [0.5, 0.6) is 0 Å². The highest BCUT2D eigenvalue weighted by molar-refractivity contribution is 6.52. The first-order valence-electron chi connectivity index (χ1n) is 7.44. The third-order valence-electron chi connectivity index (χ3n) is 4.11. The van der Waals surface area contributed by atoms with Crippen LogP contribution in [0.25, 0.3) is 0 Å². The number of furan rings is 1. The van der Waals surface area contributed by atoms with Crippen molar-refractivity contribution in [1.29, 1.82) is 0 Å². The van der Waals surface area contributed by atoms with Gasteiger partial charge >= 0.3 is 0 Å². The van der Waals surface area contributed by atoms with Crippen LogP contribution < -0.4 is 4.90 Å². The lowest BCUT2D eigenvalue weighted by molar-refractivity contribution is -0.384. The van der Waals surface area contributed by atoms with Crippen LogP contribution in [0.15, 0.2) is 52.2 Å². The van der Waals surface area contributed by atoms with Crippen molar-refractivity contribution < 1.29 is 28.6 Å². The first-order chi connectivity index (χ1) is 12.5. The number of rotatable bonds is 4. The number of carbonyl (C=O) groups is 3. The molecule has 0 N–H and O–H groups in total. The van der Waals surface area contributed by atoms with Crippen molar-refractivity contribution in [3.05, 3.63) is 58.5 Å². The van der Waals surface area contributed by atoms with Gasteiger partial charge in [0, 0.05) is 6.07 Å². The Labute approximate surface area is 144 Å². The van der Waals surface area contributed by atoms with E-state index in [4.69, 9.17) is 9.25 Å². The molecule has 10 nitrogen and oxygen atoms in total. The van der Waals surface area contributed by atoms with Gasteiger partial charge in [-0.1, -0.05) is 17.3 Å². The van der Waals surface area contributed by atoms with Crippen LogP contribution in [0.1, 0.15) is 10.6 Å². The maximum atomic E-state index is 12.8. The second-order valence-electron chi connectivity index (χ2n) is 5.54. The number of benzene rings is 1. The van der Waals surface area contributed by atoms with Gasteiger partial charge in [-0.05, 0) is 18.2 Å². The summed E-state index contributed by atoms with van der Waals surface area (Å²) in [5, 5.41) is 14.8. The average molecular weight is 355 g/mol. The second-order valence-corrected chi connectivity index (χ2v) is 5.54. The third kappa shape index (κ3) is 2.12. The van der Waals surface area contributed by atoms with E-state index >= 15 is 0 Å². The fourth-order valence-corrected chi connectivity index (χ4v) is 2.95. The number of imide groups is 1. The summed E-state index contributed by atoms with van der Waals surface area (Å²) in [7, 11) is 0. The van der Waals surface area contributed by atoms with Crippen LogP contribution in [-0.4, -0.2) is 34.3 Å². The molecule has 3 heterocycles. The highest BCUT2D eigenvalue weighted by Gasteiger charge is 2.58. The van der Waals surface area contributed by atoms with E-state index in [0.717, 1.165) is 0 Å². The van der Waals surface area contributed by atoms with E-state index in [1.807, 2.05) is 0 Å². The number of carbonyl (C=O) groups excluding carboxylic acids is 3. The van der Waals surface area contributed by atoms with E-state index in [9.17, 15) is 24.5 Å². The summed E-state index contributed by atoms with van der Waals surface area (Å²) in [4.78, 5) is 54.0. The maximum Gasteiger partial charge on any atom is 0.293 e. The Morgan fingerprint density at radius 3 is 2.62 bits per heavy atom. The minimum Gasteiger partial charge on any atom is -0.461 e. The molecule has 4 rings (SSSR count). The first-order valence-corrected chi connectivity index (χ1v) is 7.44. The van der Waals surface area contributed by atoms with Crippen molar-refractivity contribution in [2.75, 3.05) is 4.90 Å². The third-order valence-corrected chi connectivity index (χ3v) is 4.11. The van der Waals surface area contributed by atoms with Crippen molar-refractivity contribution >= 4 is 34.7 Å². The van der Waals surface area contributed by atoms with Gasteiger partial charge < -0.3 is 9.25 Å². The van der Waals surface area contributed by atoms with Gasteiger partial charge in [-0.25, -0.2) is 4.90 Å². The van der Waals surface area contributed by atoms with Gasteiger partial charge in [0.1, 0.15) is 17.3 Å². The van der Waals surface area contributed by atoms with E-state index in [1.54, 1.807) is 0 Å². The van der Waals surface area contributed by atoms with Crippen LogP contribution in [0, 0.1) is 16.0 Å². The van der Waals surface area contributed by atoms with Gasteiger partial charge in [0.25, 0.3) is 11.6 Å². The van der Waals surface area contributed by atoms with Crippen molar-refractivity contribution in [3.8, 4) is 0 Å². The van der Waals surface area contributed by atoms with Gasteiger partial charge in [0.05, 0.1) is 11.2 Å². The molecule has 10 heteroatoms. The molecule has 2 unspecified atom stereocenters. The lowest BCUT2D eigenvalue weighted by Crippen LogP contribution is -2.34. The summed E-state index contributed by atoms with van der Waals surface area (Å²) >= 11 is 0. The predicted molar refractivity (Wildman–Crippen MR) is 84.4 cm³/mol. The summed E-state index contributed by atoms with van der Waals surface area (Å²) in [5.74, 6) is -3.66. The molecule has 2 amide bonds. The number of para-hydroxylation sites is 2. The van der Waals surface area contributed by atoms with Crippen molar-refractivity contribution in [3.63, 3.8) is 0 Å². The van der Waals surface area contributed by atoms with Gasteiger partial charge in [-0.15, -0.1) is 0 Å². The number of fused-ring (bicyclic) bond motifs is 1. The Bertz CT molecular complexity index is 979. The summed E-state index contributed by atoms with van der Waals surface area (Å²) in [6.45, 7) is 0. The largest absolute Gasteiger partial charge is 0.461 e. The molecule has 0 saturated carbocycles. The van der Waals surface area contributed by atoms with E-state index in [1.165, 1.54) is 42.7 Å². The second kappa shape index (κ2) is 5.62. The quantitative estimate of drug-likeness (QED) is 0.349. The Balaban J connectivity index is 1.72. The molecule has 0 spiro atoms. The Hall–Kier alpha value is -3.82. The van der Waals surface area contributed by atoms with Crippen LogP contribution in [0.3, 0.4) is 0 Å². The van der Waals surface area contributed by atoms with Crippen LogP contribution in [-0.2, 0) is 14.4 Å². The lowest BCUT2D eigenvalue weighted by atomic mass is 9.96. The van der Waals surface area contributed by atoms with Crippen LogP contribution in [0.4, 0.5) is 11.4 Å². The lowest BCUT2D eigenvalue weighted by Gasteiger charge is -2.14. The Morgan fingerprint density at radius 1 is 1.15 bits per heavy atom. The summed E-state index contributed by atoms with van der Waals surface area (Å²) in [6.07, 6.45) is -0.0567. The van der Waals surface area contributed by atoms with E-state index in [0.29, 0.717) is 4.90 Å². The summed E-state index contributed by atoms with van der Waals surface area (Å²) < 4.78 is 5.00. The molecule has 0 radical (unpaired) electrons. The fraction of sp³-hybridized carbons (Fsp3) is 0.125. The molecule has 0 bridgehead atoms. The predicted octanol–water partition coefficient (Wildman–Crippen LogP) is 1.31. The van der Waals surface area contributed by atoms with Crippen LogP contribution >= 0.6 is 0 Å². The number of nitro benzene ring substituents is 1. The SMILES string of the molecule is O=C(C1=NOC2C(=O)N(c3ccccc3[N+](=O)[O-])C(=O)C12)c1ccco1. The Kier molecular flexibility index (Phi) is 3.39. The molecule has 130 valence electrons. The highest BCUT2D eigenvalue weighted by Crippen LogP contribution is 2.37. The average Bonchev–Trinajstić information content (AvgIpc) is 3.34. The molecule has 1 fully saturated rings. The molecule has 1 saturated heterocycles. The molecular formula is C16H9N3O7. The highest BCUT2D eigenvalue weighted by atomic mass is 16.7. The van der Waals surface area contributed by atoms with Crippen LogP contribution in [0.2, 0.25) is 0 Å². The number of ketones is 1. The molecular weight excluding hydrogens is 346 g/mol. The normalized spacial score (nSPS) is 21.4. The molecule has 2 aliphatic heterocycles. The summed E-state index contributed by atoms with van der Waals surface area (Å²) in [5.41, 5.74) is -0.871. The topological polar surface area (TPSA) is 132 Å². The maximum absolute atomic E-state index is 12.8. The molecule has 2 atom stereocenters. The minimum atomic E-state index is -1.34. The number of amides is 2. The van der Waals surface area contributed by atoms with E-state index in [-0.39, 0.29) is 17.2 Å². The molecule has 0 aliphatic carbocycles. The van der Waals surface area contributed by atoms with E-state index in [2.05, 4.69) is 5.16 Å². The van der Waals surface area contributed by atoms with Gasteiger partial charge in [-0.2, -0.15) is 0 Å². The summed E-state index contributed by atoms with van der Waals surface area (Å²) in [6, 6.07) is 8.20. The molecule has 2 aliphatic rings. The van der Waals surface area contributed by atoms with Crippen molar-refractivity contribution in [2.24, 2.45) is 11.1 Å². The van der Waals surface area contributed by atoms with E-state index < -0.39 is 40.2 Å². The van der Waals surface area contributed by atoms with Gasteiger partial charge in [-0.3, -0.25) is 24.5 Å². The zero-order valence-corrected chi connectivity index (χ0v) is 12.9. The molecule has 2 aromatic rings. The Morgan fingerprint density at radius 2 is 1.92 bits per heavy atom. The minimum absolute atomic E-state index is 0.0580. The number of Topliss-reactive ketones (excluding diaryl/α,β-unsaturated/α-hetero) is 1. The molecule has 1 aromatic heterocycles. The number of nitrogens with zero attached hydrogens (tertiary/aromatic N) is 3. The zero-order chi connectivity index (χ0) is 18.4. The first kappa shape index (κ1) is 15.7. The number of anilines is 1. The molecule has 26 heavy (non-hydrogen) atoms. The molecule has 1 aromatic carbocycles. The number of nitro groups is 1. The smallest absolute Gasteiger partial charge is 0.293 e. The monoisotopic (exact) mass is 355 g/mol. The zero-order valence-electron chi connectivity index (χ0n) is 12.9. The number of oxime groups is 1. The number of hydrogen-bond acceptors (Lipinski definition) is 8. The number of hydrogen-bond donors (Lipinski definition) is 0. The van der Waals surface area contributed by atoms with Crippen molar-refractivity contribution in [1.82, 2.24) is 0 Å². The fourth-order valence-electron chi connectivity index (χ4n) is 2.95.